The summed E-state index contributed by atoms with van der Waals surface area (Å²) in [5.41, 5.74) is -0.974. The molecule has 1 saturated heterocycles. The molecule has 0 spiro atoms. The third-order valence-electron chi connectivity index (χ3n) is 7.12. The molecule has 3 aliphatic rings. The van der Waals surface area contributed by atoms with Crippen molar-refractivity contribution in [1.82, 2.24) is 0 Å². The van der Waals surface area contributed by atoms with Crippen LogP contribution in [-0.2, 0) is 28.5 Å². The summed E-state index contributed by atoms with van der Waals surface area (Å²) >= 11 is 0. The highest BCUT2D eigenvalue weighted by molar-refractivity contribution is 5.87. The summed E-state index contributed by atoms with van der Waals surface area (Å²) in [6, 6.07) is 3.91. The van der Waals surface area contributed by atoms with E-state index >= 15 is 0 Å². The quantitative estimate of drug-likeness (QED) is 0.134. The van der Waals surface area contributed by atoms with Gasteiger partial charge in [-0.25, -0.2) is 9.59 Å². The van der Waals surface area contributed by atoms with Crippen LogP contribution in [0.4, 0.5) is 0 Å². The first-order valence-corrected chi connectivity index (χ1v) is 11.9. The standard InChI is InChI=1S/C25H30O13/c1-25(34)7-6-12-13(22(32)33)9-36-23(18(12)25)38-24-21(31)20(30)19(29)16(37-24)10-35-17(28)5-3-11-2-4-14(26)15(27)8-11/h2-5,8-9,12,16,18-21,23-24,26-27,29-31,34H,6-7,10H2,1H3,(H,32,33)/t12-,16+,18+,19+,20-,21+,23-,24+,25+/m0/s1. The zero-order chi connectivity index (χ0) is 27.8. The second-order valence-corrected chi connectivity index (χ2v) is 9.77. The summed E-state index contributed by atoms with van der Waals surface area (Å²) in [7, 11) is 0. The molecule has 1 saturated carbocycles. The van der Waals surface area contributed by atoms with Crippen LogP contribution >= 0.6 is 0 Å². The van der Waals surface area contributed by atoms with Crippen LogP contribution in [0.15, 0.2) is 36.1 Å². The number of hydrogen-bond acceptors (Lipinski definition) is 12. The fourth-order valence-corrected chi connectivity index (χ4v) is 5.02. The molecule has 0 unspecified atom stereocenters. The van der Waals surface area contributed by atoms with E-state index in [0.29, 0.717) is 12.0 Å². The molecule has 38 heavy (non-hydrogen) atoms. The van der Waals surface area contributed by atoms with Crippen LogP contribution < -0.4 is 0 Å². The number of aromatic hydroxyl groups is 2. The first kappa shape index (κ1) is 27.8. The van der Waals surface area contributed by atoms with Crippen molar-refractivity contribution in [2.24, 2.45) is 11.8 Å². The number of aliphatic hydroxyl groups is 4. The van der Waals surface area contributed by atoms with Crippen molar-refractivity contribution in [3.63, 3.8) is 0 Å². The van der Waals surface area contributed by atoms with Gasteiger partial charge in [0.2, 0.25) is 6.29 Å². The first-order chi connectivity index (χ1) is 17.9. The van der Waals surface area contributed by atoms with Crippen LogP contribution in [0.1, 0.15) is 25.3 Å². The molecular formula is C25H30O13. The zero-order valence-corrected chi connectivity index (χ0v) is 20.3. The number of phenols is 2. The van der Waals surface area contributed by atoms with E-state index < -0.39 is 73.0 Å². The molecule has 2 aliphatic heterocycles. The van der Waals surface area contributed by atoms with E-state index in [4.69, 9.17) is 18.9 Å². The Morgan fingerprint density at radius 3 is 2.53 bits per heavy atom. The minimum Gasteiger partial charge on any atom is -0.504 e. The summed E-state index contributed by atoms with van der Waals surface area (Å²) in [6.45, 7) is 0.987. The van der Waals surface area contributed by atoms with Gasteiger partial charge in [-0.05, 0) is 43.5 Å². The Hall–Kier alpha value is -3.20. The van der Waals surface area contributed by atoms with Gasteiger partial charge in [0.15, 0.2) is 17.8 Å². The Bertz CT molecular complexity index is 1110. The van der Waals surface area contributed by atoms with Crippen LogP contribution in [0.5, 0.6) is 11.5 Å². The fourth-order valence-electron chi connectivity index (χ4n) is 5.02. The number of benzene rings is 1. The van der Waals surface area contributed by atoms with Gasteiger partial charge < -0.3 is 54.7 Å². The van der Waals surface area contributed by atoms with Crippen molar-refractivity contribution in [2.45, 2.75) is 62.4 Å². The number of fused-ring (bicyclic) bond motifs is 1. The Kier molecular flexibility index (Phi) is 7.97. The van der Waals surface area contributed by atoms with Gasteiger partial charge in [0, 0.05) is 12.0 Å². The van der Waals surface area contributed by atoms with Crippen molar-refractivity contribution in [2.75, 3.05) is 6.61 Å². The van der Waals surface area contributed by atoms with Crippen LogP contribution in [0, 0.1) is 11.8 Å². The maximum Gasteiger partial charge on any atom is 0.334 e. The summed E-state index contributed by atoms with van der Waals surface area (Å²) in [5, 5.41) is 70.3. The van der Waals surface area contributed by atoms with Crippen molar-refractivity contribution in [3.8, 4) is 11.5 Å². The van der Waals surface area contributed by atoms with Crippen molar-refractivity contribution in [1.29, 1.82) is 0 Å². The summed E-state index contributed by atoms with van der Waals surface area (Å²) < 4.78 is 21.8. The number of esters is 1. The third kappa shape index (κ3) is 5.62. The van der Waals surface area contributed by atoms with Crippen LogP contribution in [0.3, 0.4) is 0 Å². The normalized spacial score (nSPS) is 36.8. The molecule has 4 rings (SSSR count). The lowest BCUT2D eigenvalue weighted by Gasteiger charge is -2.44. The van der Waals surface area contributed by atoms with E-state index in [1.165, 1.54) is 31.2 Å². The summed E-state index contributed by atoms with van der Waals surface area (Å²) in [5.74, 6) is -4.15. The fraction of sp³-hybridized carbons (Fsp3) is 0.520. The Labute approximate surface area is 216 Å². The van der Waals surface area contributed by atoms with Gasteiger partial charge in [-0.2, -0.15) is 0 Å². The van der Waals surface area contributed by atoms with E-state index in [-0.39, 0.29) is 23.5 Å². The molecule has 1 aromatic carbocycles. The number of carbonyl (C=O) groups is 2. The predicted octanol–water partition coefficient (Wildman–Crippen LogP) is -0.420. The minimum atomic E-state index is -1.75. The molecule has 0 radical (unpaired) electrons. The maximum atomic E-state index is 12.1. The highest BCUT2D eigenvalue weighted by Crippen LogP contribution is 2.49. The molecule has 0 aromatic heterocycles. The third-order valence-corrected chi connectivity index (χ3v) is 7.12. The Morgan fingerprint density at radius 2 is 1.84 bits per heavy atom. The molecule has 13 nitrogen and oxygen atoms in total. The number of carbonyl (C=O) groups excluding carboxylic acids is 1. The van der Waals surface area contributed by atoms with Gasteiger partial charge in [0.05, 0.1) is 23.4 Å². The smallest absolute Gasteiger partial charge is 0.334 e. The lowest BCUT2D eigenvalue weighted by molar-refractivity contribution is -0.346. The van der Waals surface area contributed by atoms with Gasteiger partial charge in [0.1, 0.15) is 31.0 Å². The van der Waals surface area contributed by atoms with E-state index in [2.05, 4.69) is 0 Å². The molecule has 2 fully saturated rings. The van der Waals surface area contributed by atoms with Crippen LogP contribution in [0.2, 0.25) is 0 Å². The van der Waals surface area contributed by atoms with Crippen molar-refractivity contribution in [3.05, 3.63) is 41.7 Å². The van der Waals surface area contributed by atoms with E-state index in [1.807, 2.05) is 0 Å². The summed E-state index contributed by atoms with van der Waals surface area (Å²) in [6.07, 6.45) is -5.26. The SMILES string of the molecule is C[C@@]1(O)CC[C@H]2C(C(=O)O)=CO[C@@H](O[C@H]3O[C@H](COC(=O)C=Cc4ccc(O)c(O)c4)[C@@H](O)[C@H](O)[C@H]3O)[C@@H]21. The minimum absolute atomic E-state index is 0.0199. The number of hydrogen-bond donors (Lipinski definition) is 7. The van der Waals surface area contributed by atoms with Gasteiger partial charge in [0.25, 0.3) is 0 Å². The Morgan fingerprint density at radius 1 is 1.11 bits per heavy atom. The van der Waals surface area contributed by atoms with Crippen LogP contribution in [0.25, 0.3) is 6.08 Å². The molecule has 208 valence electrons. The van der Waals surface area contributed by atoms with Crippen molar-refractivity contribution < 1.29 is 64.3 Å². The van der Waals surface area contributed by atoms with E-state index in [1.54, 1.807) is 0 Å². The molecule has 1 aliphatic carbocycles. The number of carboxylic acids is 1. The number of phenolic OH excluding ortho intramolecular Hbond substituents is 2. The van der Waals surface area contributed by atoms with Gasteiger partial charge in [-0.3, -0.25) is 0 Å². The maximum absolute atomic E-state index is 12.1. The molecule has 0 bridgehead atoms. The molecule has 9 atom stereocenters. The van der Waals surface area contributed by atoms with E-state index in [0.717, 1.165) is 12.3 Å². The number of rotatable bonds is 7. The zero-order valence-electron chi connectivity index (χ0n) is 20.3. The topological polar surface area (TPSA) is 213 Å². The summed E-state index contributed by atoms with van der Waals surface area (Å²) in [4.78, 5) is 23.7. The lowest BCUT2D eigenvalue weighted by Crippen LogP contribution is -2.61. The molecule has 13 heteroatoms. The highest BCUT2D eigenvalue weighted by Gasteiger charge is 2.56. The van der Waals surface area contributed by atoms with Crippen LogP contribution in [-0.4, -0.2) is 96.9 Å². The average Bonchev–Trinajstić information content (AvgIpc) is 3.19. The van der Waals surface area contributed by atoms with E-state index in [9.17, 15) is 45.3 Å². The van der Waals surface area contributed by atoms with Gasteiger partial charge in [-0.15, -0.1) is 0 Å². The second kappa shape index (κ2) is 10.9. The van der Waals surface area contributed by atoms with Crippen molar-refractivity contribution >= 4 is 18.0 Å². The largest absolute Gasteiger partial charge is 0.504 e. The monoisotopic (exact) mass is 538 g/mol. The van der Waals surface area contributed by atoms with Gasteiger partial charge in [-0.1, -0.05) is 6.07 Å². The molecule has 2 heterocycles. The number of ether oxygens (including phenoxy) is 4. The second-order valence-electron chi connectivity index (χ2n) is 9.77. The molecule has 1 aromatic rings. The van der Waals surface area contributed by atoms with Gasteiger partial charge >= 0.3 is 11.9 Å². The predicted molar refractivity (Wildman–Crippen MR) is 125 cm³/mol. The number of aliphatic carboxylic acids is 1. The number of aliphatic hydroxyl groups excluding tert-OH is 3. The Balaban J connectivity index is 1.41. The number of carboxylic acid groups (broad SMARTS) is 1. The first-order valence-electron chi connectivity index (χ1n) is 11.9. The average molecular weight is 539 g/mol. The molecular weight excluding hydrogens is 508 g/mol. The molecule has 0 amide bonds. The highest BCUT2D eigenvalue weighted by atomic mass is 16.8. The molecule has 7 N–H and O–H groups in total. The lowest BCUT2D eigenvalue weighted by atomic mass is 9.81.